The molecule has 4 rings (SSSR count). The van der Waals surface area contributed by atoms with Gasteiger partial charge < -0.3 is 10.1 Å². The summed E-state index contributed by atoms with van der Waals surface area (Å²) in [6.45, 7) is 9.38. The lowest BCUT2D eigenvalue weighted by molar-refractivity contribution is 0.102. The Bertz CT molecular complexity index is 1200. The fourth-order valence-electron chi connectivity index (χ4n) is 4.35. The Labute approximate surface area is 211 Å². The second kappa shape index (κ2) is 10.3. The number of hydrogen-bond acceptors (Lipinski definition) is 4. The van der Waals surface area contributed by atoms with Crippen LogP contribution in [0.1, 0.15) is 60.5 Å². The van der Waals surface area contributed by atoms with Crippen LogP contribution in [0.5, 0.6) is 5.75 Å². The quantitative estimate of drug-likeness (QED) is 0.353. The van der Waals surface area contributed by atoms with E-state index in [4.69, 9.17) is 21.3 Å². The second-order valence-electron chi connectivity index (χ2n) is 9.69. The minimum Gasteiger partial charge on any atom is -0.492 e. The molecular weight excluding hydrogens is 464 g/mol. The maximum atomic E-state index is 13.4. The second-order valence-corrected chi connectivity index (χ2v) is 11.2. The van der Waals surface area contributed by atoms with Crippen molar-refractivity contribution in [1.82, 2.24) is 0 Å². The number of amides is 1. The molecule has 1 atom stereocenters. The van der Waals surface area contributed by atoms with Crippen molar-refractivity contribution in [1.29, 1.82) is 0 Å². The number of hydrogen-bond donors (Lipinski definition) is 1. The number of carbonyl (C=O) groups excluding carboxylic acids is 1. The zero-order valence-electron chi connectivity index (χ0n) is 20.2. The van der Waals surface area contributed by atoms with Gasteiger partial charge in [-0.2, -0.15) is 0 Å². The van der Waals surface area contributed by atoms with Crippen LogP contribution in [0.2, 0.25) is 5.02 Å². The molecular formula is C28H31ClN2O2S. The molecule has 1 amide bonds. The summed E-state index contributed by atoms with van der Waals surface area (Å²) in [5, 5.41) is 4.36. The normalized spacial score (nSPS) is 15.9. The van der Waals surface area contributed by atoms with Crippen LogP contribution in [0.15, 0.2) is 53.5 Å². The van der Waals surface area contributed by atoms with E-state index in [1.165, 1.54) is 4.88 Å². The Hall–Kier alpha value is -2.63. The van der Waals surface area contributed by atoms with Crippen LogP contribution in [-0.2, 0) is 12.8 Å². The molecule has 0 saturated carbocycles. The number of para-hydroxylation sites is 1. The number of nitrogens with zero attached hydrogens (tertiary/aromatic N) is 1. The molecule has 1 aromatic heterocycles. The fourth-order valence-corrected chi connectivity index (χ4v) is 5.87. The van der Waals surface area contributed by atoms with Crippen molar-refractivity contribution < 1.29 is 9.53 Å². The maximum Gasteiger partial charge on any atom is 0.259 e. The predicted molar refractivity (Wildman–Crippen MR) is 144 cm³/mol. The third kappa shape index (κ3) is 5.53. The minimum atomic E-state index is -0.102. The standard InChI is InChI=1S/C28H31ClN2O2S/c1-5-33-23-14-11-18(15-22(23)29)17-30-27-25(26(32)31-20-9-7-6-8-10-20)21-13-12-19(28(2,3)4)16-24(21)34-27/h6-11,14-15,17,19H,5,12-13,16H2,1-4H3,(H,31,32)/t19-/m0/s1. The number of fused-ring (bicyclic) bond motifs is 1. The molecule has 0 bridgehead atoms. The third-order valence-electron chi connectivity index (χ3n) is 6.32. The first-order valence-electron chi connectivity index (χ1n) is 11.7. The number of benzene rings is 2. The number of nitrogens with one attached hydrogen (secondary N) is 1. The van der Waals surface area contributed by atoms with E-state index in [0.717, 1.165) is 41.1 Å². The summed E-state index contributed by atoms with van der Waals surface area (Å²) in [6.07, 6.45) is 4.74. The summed E-state index contributed by atoms with van der Waals surface area (Å²) in [5.74, 6) is 1.14. The summed E-state index contributed by atoms with van der Waals surface area (Å²) in [7, 11) is 0. The van der Waals surface area contributed by atoms with Gasteiger partial charge in [0.05, 0.1) is 17.2 Å². The van der Waals surface area contributed by atoms with E-state index < -0.39 is 0 Å². The molecule has 6 heteroatoms. The van der Waals surface area contributed by atoms with Gasteiger partial charge >= 0.3 is 0 Å². The maximum absolute atomic E-state index is 13.4. The van der Waals surface area contributed by atoms with E-state index in [-0.39, 0.29) is 11.3 Å². The molecule has 34 heavy (non-hydrogen) atoms. The SMILES string of the molecule is CCOc1ccc(C=Nc2sc3c(c2C(=O)Nc2ccccc2)CC[C@H](C(C)(C)C)C3)cc1Cl. The Kier molecular flexibility index (Phi) is 7.44. The number of carbonyl (C=O) groups is 1. The molecule has 2 aromatic carbocycles. The molecule has 0 fully saturated rings. The highest BCUT2D eigenvalue weighted by molar-refractivity contribution is 7.16. The van der Waals surface area contributed by atoms with E-state index >= 15 is 0 Å². The van der Waals surface area contributed by atoms with Crippen LogP contribution in [0.3, 0.4) is 0 Å². The number of rotatable bonds is 6. The Morgan fingerprint density at radius 2 is 2.00 bits per heavy atom. The molecule has 1 N–H and O–H groups in total. The van der Waals surface area contributed by atoms with Crippen LogP contribution in [0.25, 0.3) is 0 Å². The van der Waals surface area contributed by atoms with Crippen molar-refractivity contribution >= 4 is 45.7 Å². The molecule has 1 aliphatic rings. The lowest BCUT2D eigenvalue weighted by Gasteiger charge is -2.33. The van der Waals surface area contributed by atoms with Crippen molar-refractivity contribution in [2.75, 3.05) is 11.9 Å². The van der Waals surface area contributed by atoms with Crippen molar-refractivity contribution in [3.8, 4) is 5.75 Å². The van der Waals surface area contributed by atoms with E-state index in [0.29, 0.717) is 28.9 Å². The van der Waals surface area contributed by atoms with Gasteiger partial charge in [0.1, 0.15) is 10.8 Å². The van der Waals surface area contributed by atoms with Gasteiger partial charge in [-0.25, -0.2) is 4.99 Å². The summed E-state index contributed by atoms with van der Waals surface area (Å²) in [4.78, 5) is 19.5. The average molecular weight is 495 g/mol. The average Bonchev–Trinajstić information content (AvgIpc) is 3.17. The fraction of sp³-hybridized carbons (Fsp3) is 0.357. The predicted octanol–water partition coefficient (Wildman–Crippen LogP) is 7.95. The summed E-state index contributed by atoms with van der Waals surface area (Å²) in [5.41, 5.74) is 3.72. The summed E-state index contributed by atoms with van der Waals surface area (Å²) >= 11 is 7.99. The Balaban J connectivity index is 1.68. The molecule has 0 radical (unpaired) electrons. The molecule has 0 unspecified atom stereocenters. The molecule has 0 saturated heterocycles. The smallest absolute Gasteiger partial charge is 0.259 e. The highest BCUT2D eigenvalue weighted by Gasteiger charge is 2.33. The third-order valence-corrected chi connectivity index (χ3v) is 7.77. The first kappa shape index (κ1) is 24.5. The monoisotopic (exact) mass is 494 g/mol. The van der Waals surface area contributed by atoms with Gasteiger partial charge in [0.2, 0.25) is 0 Å². The Morgan fingerprint density at radius 3 is 2.68 bits per heavy atom. The van der Waals surface area contributed by atoms with Gasteiger partial charge in [0.25, 0.3) is 5.91 Å². The van der Waals surface area contributed by atoms with Gasteiger partial charge in [-0.15, -0.1) is 11.3 Å². The zero-order chi connectivity index (χ0) is 24.3. The van der Waals surface area contributed by atoms with Crippen molar-refractivity contribution in [2.45, 2.75) is 47.0 Å². The summed E-state index contributed by atoms with van der Waals surface area (Å²) < 4.78 is 5.53. The Morgan fingerprint density at radius 1 is 1.24 bits per heavy atom. The lowest BCUT2D eigenvalue weighted by atomic mass is 9.72. The molecule has 1 aliphatic carbocycles. The molecule has 0 aliphatic heterocycles. The van der Waals surface area contributed by atoms with Crippen LogP contribution in [0.4, 0.5) is 10.7 Å². The number of aliphatic imine (C=N–C) groups is 1. The van der Waals surface area contributed by atoms with E-state index in [9.17, 15) is 4.79 Å². The van der Waals surface area contributed by atoms with Crippen molar-refractivity contribution in [3.63, 3.8) is 0 Å². The topological polar surface area (TPSA) is 50.7 Å². The van der Waals surface area contributed by atoms with E-state index in [1.54, 1.807) is 17.6 Å². The number of anilines is 1. The van der Waals surface area contributed by atoms with E-state index in [2.05, 4.69) is 26.1 Å². The first-order valence-corrected chi connectivity index (χ1v) is 12.9. The van der Waals surface area contributed by atoms with Crippen LogP contribution < -0.4 is 10.1 Å². The lowest BCUT2D eigenvalue weighted by Crippen LogP contribution is -2.27. The van der Waals surface area contributed by atoms with E-state index in [1.807, 2.05) is 55.5 Å². The highest BCUT2D eigenvalue weighted by Crippen LogP contribution is 2.45. The number of halogens is 1. The molecule has 4 nitrogen and oxygen atoms in total. The van der Waals surface area contributed by atoms with Gasteiger partial charge in [-0.3, -0.25) is 4.79 Å². The number of ether oxygens (including phenoxy) is 1. The van der Waals surface area contributed by atoms with Crippen LogP contribution in [-0.4, -0.2) is 18.7 Å². The first-order chi connectivity index (χ1) is 16.3. The van der Waals surface area contributed by atoms with Gasteiger partial charge in [0.15, 0.2) is 0 Å². The summed E-state index contributed by atoms with van der Waals surface area (Å²) in [6, 6.07) is 15.2. The van der Waals surface area contributed by atoms with Crippen LogP contribution in [0, 0.1) is 11.3 Å². The largest absolute Gasteiger partial charge is 0.492 e. The van der Waals surface area contributed by atoms with Crippen molar-refractivity contribution in [3.05, 3.63) is 75.1 Å². The van der Waals surface area contributed by atoms with Gasteiger partial charge in [-0.05, 0) is 79.0 Å². The molecule has 0 spiro atoms. The van der Waals surface area contributed by atoms with Crippen LogP contribution >= 0.6 is 22.9 Å². The van der Waals surface area contributed by atoms with Gasteiger partial charge in [0, 0.05) is 16.8 Å². The molecule has 3 aromatic rings. The minimum absolute atomic E-state index is 0.102. The molecule has 1 heterocycles. The zero-order valence-corrected chi connectivity index (χ0v) is 21.7. The molecule has 178 valence electrons. The number of thiophene rings is 1. The van der Waals surface area contributed by atoms with Crippen molar-refractivity contribution in [2.24, 2.45) is 16.3 Å². The highest BCUT2D eigenvalue weighted by atomic mass is 35.5. The van der Waals surface area contributed by atoms with Gasteiger partial charge in [-0.1, -0.05) is 50.6 Å².